The van der Waals surface area contributed by atoms with Gasteiger partial charge in [-0.05, 0) is 47.0 Å². The van der Waals surface area contributed by atoms with Gasteiger partial charge in [-0.3, -0.25) is 9.59 Å². The Bertz CT molecular complexity index is 1270. The smallest absolute Gasteiger partial charge is 0.262 e. The van der Waals surface area contributed by atoms with Gasteiger partial charge in [0.15, 0.2) is 12.3 Å². The third kappa shape index (κ3) is 3.58. The molecule has 30 heavy (non-hydrogen) atoms. The Labute approximate surface area is 174 Å². The minimum absolute atomic E-state index is 0. The SMILES string of the molecule is O=C(Cc1ccc(-c2ccn3ncnc3c2)cc1)Nc1ccc2c(c1)NC(=O)CO2.[HH].[HH]. The van der Waals surface area contributed by atoms with Crippen LogP contribution in [0.2, 0.25) is 0 Å². The highest BCUT2D eigenvalue weighted by Crippen LogP contribution is 2.30. The number of carbonyl (C=O) groups excluding carboxylic acids is 2. The minimum Gasteiger partial charge on any atom is -0.482 e. The van der Waals surface area contributed by atoms with Crippen LogP contribution in [-0.2, 0) is 16.0 Å². The summed E-state index contributed by atoms with van der Waals surface area (Å²) >= 11 is 0. The second kappa shape index (κ2) is 7.32. The molecule has 0 saturated carbocycles. The van der Waals surface area contributed by atoms with Gasteiger partial charge >= 0.3 is 0 Å². The Hall–Kier alpha value is -4.20. The van der Waals surface area contributed by atoms with Gasteiger partial charge in [-0.2, -0.15) is 5.10 Å². The summed E-state index contributed by atoms with van der Waals surface area (Å²) in [6.07, 6.45) is 3.62. The molecule has 0 atom stereocenters. The number of anilines is 2. The van der Waals surface area contributed by atoms with Crippen LogP contribution in [0.3, 0.4) is 0 Å². The lowest BCUT2D eigenvalue weighted by Gasteiger charge is -2.18. The summed E-state index contributed by atoms with van der Waals surface area (Å²) in [5.74, 6) is 0.234. The van der Waals surface area contributed by atoms with Crippen LogP contribution in [0, 0.1) is 0 Å². The number of ether oxygens (including phenoxy) is 1. The molecular formula is C22H21N5O3. The lowest BCUT2D eigenvalue weighted by atomic mass is 10.0. The molecule has 3 heterocycles. The van der Waals surface area contributed by atoms with Gasteiger partial charge < -0.3 is 15.4 Å². The molecule has 0 unspecified atom stereocenters. The number of aromatic nitrogens is 3. The van der Waals surface area contributed by atoms with Crippen molar-refractivity contribution in [2.75, 3.05) is 17.2 Å². The van der Waals surface area contributed by atoms with Crippen LogP contribution in [0.4, 0.5) is 11.4 Å². The highest BCUT2D eigenvalue weighted by atomic mass is 16.5. The molecule has 0 bridgehead atoms. The van der Waals surface area contributed by atoms with Crippen molar-refractivity contribution < 1.29 is 17.2 Å². The van der Waals surface area contributed by atoms with E-state index in [1.807, 2.05) is 42.6 Å². The van der Waals surface area contributed by atoms with E-state index in [9.17, 15) is 9.59 Å². The van der Waals surface area contributed by atoms with Crippen LogP contribution in [0.25, 0.3) is 16.8 Å². The quantitative estimate of drug-likeness (QED) is 0.544. The average Bonchev–Trinajstić information content (AvgIpc) is 3.22. The van der Waals surface area contributed by atoms with Crippen molar-refractivity contribution in [2.24, 2.45) is 0 Å². The topological polar surface area (TPSA) is 97.6 Å². The first-order valence-electron chi connectivity index (χ1n) is 9.39. The Kier molecular flexibility index (Phi) is 4.36. The number of amides is 2. The number of nitrogens with zero attached hydrogens (tertiary/aromatic N) is 3. The van der Waals surface area contributed by atoms with Crippen molar-refractivity contribution in [3.05, 3.63) is 72.7 Å². The molecule has 8 nitrogen and oxygen atoms in total. The molecule has 0 spiro atoms. The summed E-state index contributed by atoms with van der Waals surface area (Å²) in [5.41, 5.74) is 4.90. The maximum atomic E-state index is 12.4. The van der Waals surface area contributed by atoms with Crippen molar-refractivity contribution in [1.82, 2.24) is 14.6 Å². The minimum atomic E-state index is -0.214. The molecule has 1 aliphatic heterocycles. The summed E-state index contributed by atoms with van der Waals surface area (Å²) < 4.78 is 7.03. The summed E-state index contributed by atoms with van der Waals surface area (Å²) in [7, 11) is 0. The number of benzene rings is 2. The Morgan fingerprint density at radius 2 is 2.00 bits per heavy atom. The molecule has 2 amide bonds. The number of pyridine rings is 1. The molecule has 5 rings (SSSR count). The summed E-state index contributed by atoms with van der Waals surface area (Å²) in [5, 5.41) is 9.68. The number of hydrogen-bond acceptors (Lipinski definition) is 5. The maximum absolute atomic E-state index is 12.4. The fourth-order valence-corrected chi connectivity index (χ4v) is 3.36. The fourth-order valence-electron chi connectivity index (χ4n) is 3.36. The lowest BCUT2D eigenvalue weighted by Crippen LogP contribution is -2.25. The van der Waals surface area contributed by atoms with E-state index in [0.717, 1.165) is 22.3 Å². The van der Waals surface area contributed by atoms with E-state index in [-0.39, 0.29) is 27.7 Å². The molecule has 0 aliphatic carbocycles. The van der Waals surface area contributed by atoms with E-state index >= 15 is 0 Å². The van der Waals surface area contributed by atoms with Crippen molar-refractivity contribution in [3.8, 4) is 16.9 Å². The molecule has 152 valence electrons. The van der Waals surface area contributed by atoms with Gasteiger partial charge in [0.2, 0.25) is 5.91 Å². The predicted octanol–water partition coefficient (Wildman–Crippen LogP) is 3.40. The number of hydrogen-bond donors (Lipinski definition) is 2. The van der Waals surface area contributed by atoms with E-state index in [0.29, 0.717) is 17.1 Å². The molecular weight excluding hydrogens is 382 g/mol. The van der Waals surface area contributed by atoms with Gasteiger partial charge in [0.1, 0.15) is 12.1 Å². The molecule has 2 aromatic heterocycles. The van der Waals surface area contributed by atoms with E-state index < -0.39 is 0 Å². The number of nitrogens with one attached hydrogen (secondary N) is 2. The van der Waals surface area contributed by atoms with Crippen LogP contribution in [-0.4, -0.2) is 33.0 Å². The van der Waals surface area contributed by atoms with Crippen molar-refractivity contribution in [2.45, 2.75) is 6.42 Å². The molecule has 2 N–H and O–H groups in total. The van der Waals surface area contributed by atoms with Crippen LogP contribution in [0.15, 0.2) is 67.1 Å². The highest BCUT2D eigenvalue weighted by Gasteiger charge is 2.16. The standard InChI is InChI=1S/C22H17N5O3.2H2/c28-21(25-17-5-6-19-18(11-17)26-22(29)12-30-19)9-14-1-3-15(4-2-14)16-7-8-27-20(10-16)23-13-24-27;;/h1-8,10-11,13H,9,12H2,(H,25,28)(H,26,29);2*1H. The van der Waals surface area contributed by atoms with Gasteiger partial charge in [0, 0.05) is 14.7 Å². The Morgan fingerprint density at radius 1 is 1.13 bits per heavy atom. The van der Waals surface area contributed by atoms with E-state index in [1.165, 1.54) is 6.33 Å². The molecule has 4 aromatic rings. The Morgan fingerprint density at radius 3 is 2.87 bits per heavy atom. The van der Waals surface area contributed by atoms with Crippen LogP contribution < -0.4 is 15.4 Å². The van der Waals surface area contributed by atoms with Gasteiger partial charge in [-0.1, -0.05) is 24.3 Å². The summed E-state index contributed by atoms with van der Waals surface area (Å²) in [6, 6.07) is 16.9. The van der Waals surface area contributed by atoms with Gasteiger partial charge in [-0.25, -0.2) is 9.50 Å². The zero-order chi connectivity index (χ0) is 20.5. The van der Waals surface area contributed by atoms with E-state index in [4.69, 9.17) is 4.74 Å². The Balaban J connectivity index is 0.00000144. The third-order valence-corrected chi connectivity index (χ3v) is 4.83. The van der Waals surface area contributed by atoms with Gasteiger partial charge in [0.05, 0.1) is 12.1 Å². The maximum Gasteiger partial charge on any atom is 0.262 e. The molecule has 0 fully saturated rings. The molecule has 1 aliphatic rings. The monoisotopic (exact) mass is 403 g/mol. The van der Waals surface area contributed by atoms with E-state index in [2.05, 4.69) is 20.7 Å². The lowest BCUT2D eigenvalue weighted by molar-refractivity contribution is -0.118. The predicted molar refractivity (Wildman–Crippen MR) is 116 cm³/mol. The highest BCUT2D eigenvalue weighted by molar-refractivity contribution is 5.98. The van der Waals surface area contributed by atoms with Crippen LogP contribution in [0.5, 0.6) is 5.75 Å². The third-order valence-electron chi connectivity index (χ3n) is 4.83. The van der Waals surface area contributed by atoms with Crippen molar-refractivity contribution >= 4 is 28.8 Å². The first kappa shape index (κ1) is 17.9. The van der Waals surface area contributed by atoms with Crippen LogP contribution in [0.1, 0.15) is 8.42 Å². The molecule has 0 saturated heterocycles. The fraction of sp³-hybridized carbons (Fsp3) is 0.0909. The molecule has 2 aromatic carbocycles. The largest absolute Gasteiger partial charge is 0.482 e. The number of fused-ring (bicyclic) bond motifs is 2. The summed E-state index contributed by atoms with van der Waals surface area (Å²) in [4.78, 5) is 28.1. The average molecular weight is 403 g/mol. The zero-order valence-corrected chi connectivity index (χ0v) is 15.8. The number of rotatable bonds is 4. The zero-order valence-electron chi connectivity index (χ0n) is 15.8. The molecule has 0 radical (unpaired) electrons. The van der Waals surface area contributed by atoms with E-state index in [1.54, 1.807) is 22.7 Å². The van der Waals surface area contributed by atoms with Gasteiger partial charge in [0.25, 0.3) is 5.91 Å². The second-order valence-corrected chi connectivity index (χ2v) is 6.95. The van der Waals surface area contributed by atoms with Crippen molar-refractivity contribution in [3.63, 3.8) is 0 Å². The molecule has 8 heteroatoms. The first-order chi connectivity index (χ1) is 14.6. The second-order valence-electron chi connectivity index (χ2n) is 6.95. The summed E-state index contributed by atoms with van der Waals surface area (Å²) in [6.45, 7) is 0.00153. The van der Waals surface area contributed by atoms with Crippen molar-refractivity contribution in [1.29, 1.82) is 0 Å². The normalized spacial score (nSPS) is 12.7. The first-order valence-corrected chi connectivity index (χ1v) is 9.39. The van der Waals surface area contributed by atoms with Crippen LogP contribution >= 0.6 is 0 Å². The number of carbonyl (C=O) groups is 2. The van der Waals surface area contributed by atoms with Gasteiger partial charge in [-0.15, -0.1) is 0 Å².